The van der Waals surface area contributed by atoms with Crippen LogP contribution in [0.1, 0.15) is 19.3 Å². The third-order valence-corrected chi connectivity index (χ3v) is 3.56. The summed E-state index contributed by atoms with van der Waals surface area (Å²) in [5, 5.41) is 4.39. The van der Waals surface area contributed by atoms with Gasteiger partial charge in [-0.2, -0.15) is 0 Å². The van der Waals surface area contributed by atoms with Gasteiger partial charge >= 0.3 is 23.9 Å². The van der Waals surface area contributed by atoms with Crippen LogP contribution in [0.5, 0.6) is 0 Å². The van der Waals surface area contributed by atoms with Crippen molar-refractivity contribution in [3.63, 3.8) is 0 Å². The number of carbonyl (C=O) groups is 6. The van der Waals surface area contributed by atoms with Gasteiger partial charge in [0.05, 0.1) is 53.7 Å². The van der Waals surface area contributed by atoms with E-state index >= 15 is 0 Å². The zero-order chi connectivity index (χ0) is 22.6. The second kappa shape index (κ2) is 13.0. The van der Waals surface area contributed by atoms with Crippen LogP contribution in [-0.2, 0) is 47.7 Å². The van der Waals surface area contributed by atoms with Crippen molar-refractivity contribution in [3.05, 3.63) is 0 Å². The van der Waals surface area contributed by atoms with Gasteiger partial charge in [0.1, 0.15) is 12.1 Å². The van der Waals surface area contributed by atoms with Gasteiger partial charge in [-0.15, -0.1) is 0 Å². The molecule has 0 saturated heterocycles. The van der Waals surface area contributed by atoms with Crippen molar-refractivity contribution in [2.75, 3.05) is 28.4 Å². The molecule has 0 aromatic rings. The van der Waals surface area contributed by atoms with Crippen molar-refractivity contribution in [3.8, 4) is 0 Å². The minimum absolute atomic E-state index is 0.486. The van der Waals surface area contributed by atoms with Gasteiger partial charge in [-0.25, -0.2) is 9.59 Å². The third-order valence-electron chi connectivity index (χ3n) is 3.56. The summed E-state index contributed by atoms with van der Waals surface area (Å²) in [5.41, 5.74) is 5.63. The summed E-state index contributed by atoms with van der Waals surface area (Å²) < 4.78 is 17.8. The highest BCUT2D eigenvalue weighted by atomic mass is 16.5. The second-order valence-corrected chi connectivity index (χ2v) is 5.60. The molecule has 3 unspecified atom stereocenters. The van der Waals surface area contributed by atoms with Crippen LogP contribution in [0, 0.1) is 0 Å². The fourth-order valence-corrected chi connectivity index (χ4v) is 2.00. The van der Waals surface area contributed by atoms with E-state index < -0.39 is 73.1 Å². The minimum atomic E-state index is -1.43. The Morgan fingerprint density at radius 3 is 1.48 bits per heavy atom. The van der Waals surface area contributed by atoms with E-state index in [4.69, 9.17) is 5.73 Å². The van der Waals surface area contributed by atoms with Crippen molar-refractivity contribution in [2.24, 2.45) is 5.73 Å². The molecular formula is C16H25N3O10. The lowest BCUT2D eigenvalue weighted by Gasteiger charge is -2.19. The lowest BCUT2D eigenvalue weighted by molar-refractivity contribution is -0.151. The minimum Gasteiger partial charge on any atom is -0.469 e. The van der Waals surface area contributed by atoms with Crippen LogP contribution in [0.3, 0.4) is 0 Å². The second-order valence-electron chi connectivity index (χ2n) is 5.60. The number of rotatable bonds is 11. The summed E-state index contributed by atoms with van der Waals surface area (Å²) in [5.74, 6) is -5.13. The number of carbonyl (C=O) groups excluding carboxylic acids is 6. The van der Waals surface area contributed by atoms with Gasteiger partial charge in [-0.3, -0.25) is 19.2 Å². The molecule has 0 radical (unpaired) electrons. The van der Waals surface area contributed by atoms with Crippen molar-refractivity contribution < 1.29 is 47.7 Å². The van der Waals surface area contributed by atoms with Crippen LogP contribution in [0.2, 0.25) is 0 Å². The Morgan fingerprint density at radius 2 is 1.10 bits per heavy atom. The van der Waals surface area contributed by atoms with E-state index in [1.54, 1.807) is 0 Å². The van der Waals surface area contributed by atoms with Gasteiger partial charge < -0.3 is 35.3 Å². The summed E-state index contributed by atoms with van der Waals surface area (Å²) in [4.78, 5) is 70.2. The molecule has 0 heterocycles. The highest BCUT2D eigenvalue weighted by Gasteiger charge is 2.30. The number of esters is 4. The average molecular weight is 419 g/mol. The molecule has 164 valence electrons. The number of methoxy groups -OCH3 is 4. The lowest BCUT2D eigenvalue weighted by atomic mass is 10.1. The van der Waals surface area contributed by atoms with Crippen molar-refractivity contribution in [1.82, 2.24) is 10.6 Å². The Balaban J connectivity index is 4.93. The summed E-state index contributed by atoms with van der Waals surface area (Å²) >= 11 is 0. The maximum Gasteiger partial charge on any atom is 0.328 e. The number of amides is 2. The van der Waals surface area contributed by atoms with E-state index in [9.17, 15) is 28.8 Å². The predicted molar refractivity (Wildman–Crippen MR) is 93.8 cm³/mol. The SMILES string of the molecule is COC(=O)CC(NC(=O)CC(N)C(=O)NC(CC(=O)OC)C(=O)OC)C(=O)OC. The van der Waals surface area contributed by atoms with Gasteiger partial charge in [-0.05, 0) is 0 Å². The van der Waals surface area contributed by atoms with Crippen LogP contribution in [0.4, 0.5) is 0 Å². The molecule has 2 amide bonds. The smallest absolute Gasteiger partial charge is 0.328 e. The highest BCUT2D eigenvalue weighted by Crippen LogP contribution is 2.02. The van der Waals surface area contributed by atoms with Gasteiger partial charge in [0.15, 0.2) is 0 Å². The first-order valence-electron chi connectivity index (χ1n) is 8.24. The molecule has 0 aliphatic rings. The standard InChI is InChI=1S/C16H25N3O10/c1-26-12(21)6-9(15(24)28-3)18-11(20)5-8(17)14(23)19-10(16(25)29-4)7-13(22)27-2/h8-10H,5-7,17H2,1-4H3,(H,18,20)(H,19,23). The zero-order valence-corrected chi connectivity index (χ0v) is 16.5. The van der Waals surface area contributed by atoms with Crippen LogP contribution in [-0.4, -0.2) is 82.3 Å². The maximum atomic E-state index is 12.1. The van der Waals surface area contributed by atoms with Crippen LogP contribution >= 0.6 is 0 Å². The molecule has 0 aromatic carbocycles. The molecule has 0 fully saturated rings. The Bertz CT molecular complexity index is 636. The topological polar surface area (TPSA) is 189 Å². The van der Waals surface area contributed by atoms with Gasteiger partial charge in [0.25, 0.3) is 0 Å². The predicted octanol–water partition coefficient (Wildman–Crippen LogP) is -2.85. The van der Waals surface area contributed by atoms with E-state index in [0.717, 1.165) is 28.4 Å². The molecule has 0 aliphatic heterocycles. The molecule has 0 spiro atoms. The van der Waals surface area contributed by atoms with E-state index in [2.05, 4.69) is 29.6 Å². The first kappa shape index (κ1) is 25.8. The van der Waals surface area contributed by atoms with Gasteiger partial charge in [0, 0.05) is 0 Å². The van der Waals surface area contributed by atoms with E-state index in [1.165, 1.54) is 0 Å². The van der Waals surface area contributed by atoms with Crippen molar-refractivity contribution in [2.45, 2.75) is 37.4 Å². The number of ether oxygens (including phenoxy) is 4. The van der Waals surface area contributed by atoms with E-state index in [0.29, 0.717) is 0 Å². The number of hydrogen-bond acceptors (Lipinski definition) is 11. The molecular weight excluding hydrogens is 394 g/mol. The van der Waals surface area contributed by atoms with Crippen LogP contribution < -0.4 is 16.4 Å². The Kier molecular flexibility index (Phi) is 11.6. The van der Waals surface area contributed by atoms with Gasteiger partial charge in [0.2, 0.25) is 11.8 Å². The molecule has 0 saturated carbocycles. The molecule has 0 bridgehead atoms. The molecule has 13 nitrogen and oxygen atoms in total. The molecule has 4 N–H and O–H groups in total. The lowest BCUT2D eigenvalue weighted by Crippen LogP contribution is -2.52. The summed E-state index contributed by atoms with van der Waals surface area (Å²) in [6, 6.07) is -4.13. The highest BCUT2D eigenvalue weighted by molar-refractivity contribution is 5.94. The Hall–Kier alpha value is -3.22. The molecule has 29 heavy (non-hydrogen) atoms. The Morgan fingerprint density at radius 1 is 0.690 bits per heavy atom. The summed E-state index contributed by atoms with van der Waals surface area (Å²) in [7, 11) is 4.32. The normalized spacial score (nSPS) is 13.1. The van der Waals surface area contributed by atoms with E-state index in [1.807, 2.05) is 0 Å². The average Bonchev–Trinajstić information content (AvgIpc) is 2.70. The van der Waals surface area contributed by atoms with Crippen molar-refractivity contribution in [1.29, 1.82) is 0 Å². The summed E-state index contributed by atoms with van der Waals surface area (Å²) in [6.07, 6.45) is -1.58. The molecule has 0 aromatic heterocycles. The first-order chi connectivity index (χ1) is 13.6. The molecule has 0 rings (SSSR count). The number of hydrogen-bond donors (Lipinski definition) is 3. The quantitative estimate of drug-likeness (QED) is 0.231. The third kappa shape index (κ3) is 9.51. The first-order valence-corrected chi connectivity index (χ1v) is 8.24. The van der Waals surface area contributed by atoms with Crippen molar-refractivity contribution >= 4 is 35.7 Å². The molecule has 13 heteroatoms. The van der Waals surface area contributed by atoms with Gasteiger partial charge in [-0.1, -0.05) is 0 Å². The van der Waals surface area contributed by atoms with Crippen LogP contribution in [0.15, 0.2) is 0 Å². The summed E-state index contributed by atoms with van der Waals surface area (Å²) in [6.45, 7) is 0. The fourth-order valence-electron chi connectivity index (χ4n) is 2.00. The largest absolute Gasteiger partial charge is 0.469 e. The zero-order valence-electron chi connectivity index (χ0n) is 16.5. The monoisotopic (exact) mass is 419 g/mol. The Labute approximate surface area is 166 Å². The maximum absolute atomic E-state index is 12.1. The number of nitrogens with one attached hydrogen (secondary N) is 2. The number of nitrogens with two attached hydrogens (primary N) is 1. The fraction of sp³-hybridized carbons (Fsp3) is 0.625. The molecule has 3 atom stereocenters. The van der Waals surface area contributed by atoms with E-state index in [-0.39, 0.29) is 0 Å². The molecule has 0 aliphatic carbocycles. The van der Waals surface area contributed by atoms with Crippen LogP contribution in [0.25, 0.3) is 0 Å².